The molecule has 1 aliphatic carbocycles. The van der Waals surface area contributed by atoms with Gasteiger partial charge in [0.2, 0.25) is 0 Å². The van der Waals surface area contributed by atoms with Crippen LogP contribution in [0.2, 0.25) is 0 Å². The van der Waals surface area contributed by atoms with Gasteiger partial charge in [-0.2, -0.15) is 0 Å². The molecule has 1 aliphatic heterocycles. The Morgan fingerprint density at radius 1 is 0.265 bits per heavy atom. The van der Waals surface area contributed by atoms with Crippen molar-refractivity contribution in [1.82, 2.24) is 24.9 Å². The van der Waals surface area contributed by atoms with Crippen molar-refractivity contribution in [3.05, 3.63) is 259 Å². The zero-order valence-corrected chi connectivity index (χ0v) is 36.7. The van der Waals surface area contributed by atoms with Crippen molar-refractivity contribution in [2.24, 2.45) is 0 Å². The van der Waals surface area contributed by atoms with E-state index < -0.39 is 5.41 Å². The zero-order chi connectivity index (χ0) is 45.0. The van der Waals surface area contributed by atoms with Crippen molar-refractivity contribution >= 4 is 0 Å². The molecule has 0 radical (unpaired) electrons. The summed E-state index contributed by atoms with van der Waals surface area (Å²) < 4.78 is 6.74. The molecule has 3 heterocycles. The number of aromatic nitrogens is 5. The van der Waals surface area contributed by atoms with E-state index in [4.69, 9.17) is 29.7 Å². The SMILES string of the molecule is c1ccc(-c2cc(-c3ccccc3)nc(-c3ccc(-c4cccc5c4-c4c(-c6nc(-c7ccccc7)nc(-c7ccccc7)n6)cccc4C54c5ccccc5Oc5ccccc54)cc3)n2)cc1. The van der Waals surface area contributed by atoms with Crippen LogP contribution in [0.4, 0.5) is 0 Å². The van der Waals surface area contributed by atoms with Crippen molar-refractivity contribution in [1.29, 1.82) is 0 Å². The normalized spacial score (nSPS) is 12.6. The summed E-state index contributed by atoms with van der Waals surface area (Å²) in [6, 6.07) is 82.0. The van der Waals surface area contributed by atoms with Crippen LogP contribution >= 0.6 is 0 Å². The van der Waals surface area contributed by atoms with Crippen LogP contribution in [0.3, 0.4) is 0 Å². The fourth-order valence-corrected chi connectivity index (χ4v) is 10.2. The van der Waals surface area contributed by atoms with Crippen molar-refractivity contribution in [2.75, 3.05) is 0 Å². The van der Waals surface area contributed by atoms with E-state index in [9.17, 15) is 0 Å². The molecule has 13 rings (SSSR count). The first-order valence-corrected chi connectivity index (χ1v) is 22.8. The number of hydrogen-bond donors (Lipinski definition) is 0. The van der Waals surface area contributed by atoms with Gasteiger partial charge in [-0.25, -0.2) is 24.9 Å². The third-order valence-electron chi connectivity index (χ3n) is 13.2. The molecule has 9 aromatic carbocycles. The lowest BCUT2D eigenvalue weighted by Crippen LogP contribution is -2.32. The third-order valence-corrected chi connectivity index (χ3v) is 13.2. The van der Waals surface area contributed by atoms with Gasteiger partial charge in [0.15, 0.2) is 23.3 Å². The first-order valence-electron chi connectivity index (χ1n) is 22.8. The lowest BCUT2D eigenvalue weighted by molar-refractivity contribution is 0.436. The Bertz CT molecular complexity index is 3530. The summed E-state index contributed by atoms with van der Waals surface area (Å²) in [5, 5.41) is 0. The lowest BCUT2D eigenvalue weighted by atomic mass is 9.66. The molecule has 318 valence electrons. The minimum absolute atomic E-state index is 0.598. The van der Waals surface area contributed by atoms with Crippen LogP contribution in [0.15, 0.2) is 237 Å². The van der Waals surface area contributed by atoms with Crippen molar-refractivity contribution in [3.8, 4) is 102 Å². The molecule has 2 aliphatic rings. The van der Waals surface area contributed by atoms with Crippen molar-refractivity contribution in [3.63, 3.8) is 0 Å². The summed E-state index contributed by atoms with van der Waals surface area (Å²) in [5.74, 6) is 4.14. The second-order valence-electron chi connectivity index (χ2n) is 17.1. The standard InChI is InChI=1S/C62H39N5O/c1-5-19-41(20-6-1)52-39-53(42-21-7-2-8-22-42)64-58(63-52)45-37-35-40(36-38-45)46-27-17-31-50-56(46)57-47(61-66-59(43-23-9-3-10-24-43)65-60(67-61)44-25-11-4-12-26-44)28-18-32-51(57)62(50)48-29-13-15-33-54(48)68-55-34-16-14-30-49(55)62/h1-39H. The number of rotatable bonds is 7. The Balaban J connectivity index is 1.05. The van der Waals surface area contributed by atoms with Gasteiger partial charge in [-0.3, -0.25) is 0 Å². The Labute approximate surface area is 394 Å². The second kappa shape index (κ2) is 16.1. The summed E-state index contributed by atoms with van der Waals surface area (Å²) in [6.07, 6.45) is 0. The van der Waals surface area contributed by atoms with Crippen LogP contribution in [-0.4, -0.2) is 24.9 Å². The zero-order valence-electron chi connectivity index (χ0n) is 36.7. The molecule has 0 saturated heterocycles. The number of para-hydroxylation sites is 2. The van der Waals surface area contributed by atoms with E-state index >= 15 is 0 Å². The predicted octanol–water partition coefficient (Wildman–Crippen LogP) is 14.8. The van der Waals surface area contributed by atoms with Crippen LogP contribution in [0.25, 0.3) is 90.3 Å². The highest BCUT2D eigenvalue weighted by molar-refractivity contribution is 6.02. The van der Waals surface area contributed by atoms with Crippen LogP contribution in [0.5, 0.6) is 11.5 Å². The minimum Gasteiger partial charge on any atom is -0.457 e. The maximum absolute atomic E-state index is 6.74. The number of ether oxygens (including phenoxy) is 1. The first-order chi connectivity index (χ1) is 33.7. The van der Waals surface area contributed by atoms with Gasteiger partial charge in [-0.05, 0) is 51.6 Å². The quantitative estimate of drug-likeness (QED) is 0.159. The minimum atomic E-state index is -0.723. The molecule has 0 amide bonds. The fraction of sp³-hybridized carbons (Fsp3) is 0.0161. The molecule has 2 aromatic heterocycles. The number of benzene rings is 9. The molecular weight excluding hydrogens is 831 g/mol. The molecule has 0 fully saturated rings. The first kappa shape index (κ1) is 39.3. The van der Waals surface area contributed by atoms with Crippen LogP contribution in [0, 0.1) is 0 Å². The van der Waals surface area contributed by atoms with Gasteiger partial charge in [0, 0.05) is 44.5 Å². The largest absolute Gasteiger partial charge is 0.457 e. The van der Waals surface area contributed by atoms with E-state index in [1.54, 1.807) is 0 Å². The van der Waals surface area contributed by atoms with Gasteiger partial charge in [-0.15, -0.1) is 0 Å². The molecule has 68 heavy (non-hydrogen) atoms. The fourth-order valence-electron chi connectivity index (χ4n) is 10.2. The molecule has 6 heteroatoms. The highest BCUT2D eigenvalue weighted by atomic mass is 16.5. The average molecular weight is 870 g/mol. The Hall–Kier alpha value is -9.13. The topological polar surface area (TPSA) is 73.7 Å². The van der Waals surface area contributed by atoms with E-state index in [0.29, 0.717) is 23.3 Å². The lowest BCUT2D eigenvalue weighted by Gasteiger charge is -2.39. The van der Waals surface area contributed by atoms with Gasteiger partial charge >= 0.3 is 0 Å². The molecule has 0 unspecified atom stereocenters. The molecule has 0 atom stereocenters. The average Bonchev–Trinajstić information content (AvgIpc) is 3.72. The van der Waals surface area contributed by atoms with E-state index in [2.05, 4.69) is 164 Å². The molecule has 0 saturated carbocycles. The summed E-state index contributed by atoms with van der Waals surface area (Å²) in [5.41, 5.74) is 15.6. The monoisotopic (exact) mass is 869 g/mol. The molecule has 1 spiro atoms. The second-order valence-corrected chi connectivity index (χ2v) is 17.1. The van der Waals surface area contributed by atoms with Crippen molar-refractivity contribution < 1.29 is 4.74 Å². The van der Waals surface area contributed by atoms with E-state index in [1.807, 2.05) is 72.8 Å². The van der Waals surface area contributed by atoms with Gasteiger partial charge < -0.3 is 4.74 Å². The van der Waals surface area contributed by atoms with Gasteiger partial charge in [-0.1, -0.05) is 218 Å². The van der Waals surface area contributed by atoms with E-state index in [-0.39, 0.29) is 0 Å². The molecule has 0 N–H and O–H groups in total. The third kappa shape index (κ3) is 6.38. The van der Waals surface area contributed by atoms with Crippen molar-refractivity contribution in [2.45, 2.75) is 5.41 Å². The molecular formula is C62H39N5O. The summed E-state index contributed by atoms with van der Waals surface area (Å²) >= 11 is 0. The highest BCUT2D eigenvalue weighted by Crippen LogP contribution is 2.64. The number of fused-ring (bicyclic) bond motifs is 9. The summed E-state index contributed by atoms with van der Waals surface area (Å²) in [6.45, 7) is 0. The number of nitrogens with zero attached hydrogens (tertiary/aromatic N) is 5. The number of hydrogen-bond acceptors (Lipinski definition) is 6. The maximum Gasteiger partial charge on any atom is 0.164 e. The maximum atomic E-state index is 6.74. The Kier molecular flexibility index (Phi) is 9.29. The van der Waals surface area contributed by atoms with E-state index in [0.717, 1.165) is 101 Å². The van der Waals surface area contributed by atoms with Gasteiger partial charge in [0.25, 0.3) is 0 Å². The Morgan fingerprint density at radius 3 is 1.15 bits per heavy atom. The van der Waals surface area contributed by atoms with Gasteiger partial charge in [0.1, 0.15) is 11.5 Å². The predicted molar refractivity (Wildman–Crippen MR) is 271 cm³/mol. The highest BCUT2D eigenvalue weighted by Gasteiger charge is 2.52. The van der Waals surface area contributed by atoms with Crippen LogP contribution in [0.1, 0.15) is 22.3 Å². The summed E-state index contributed by atoms with van der Waals surface area (Å²) in [4.78, 5) is 26.0. The Morgan fingerprint density at radius 2 is 0.632 bits per heavy atom. The molecule has 0 bridgehead atoms. The smallest absolute Gasteiger partial charge is 0.164 e. The van der Waals surface area contributed by atoms with Crippen LogP contribution < -0.4 is 4.74 Å². The van der Waals surface area contributed by atoms with Crippen LogP contribution in [-0.2, 0) is 5.41 Å². The summed E-state index contributed by atoms with van der Waals surface area (Å²) in [7, 11) is 0. The molecule has 6 nitrogen and oxygen atoms in total. The molecule has 11 aromatic rings. The van der Waals surface area contributed by atoms with Gasteiger partial charge in [0.05, 0.1) is 16.8 Å². The van der Waals surface area contributed by atoms with E-state index in [1.165, 1.54) is 0 Å².